The van der Waals surface area contributed by atoms with Crippen molar-refractivity contribution in [2.45, 2.75) is 17.1 Å². The minimum atomic E-state index is -0.572. The van der Waals surface area contributed by atoms with Gasteiger partial charge in [-0.15, -0.1) is 11.8 Å². The molecule has 5 aromatic carbocycles. The molecule has 0 aliphatic rings. The third-order valence-corrected chi connectivity index (χ3v) is 8.65. The lowest BCUT2D eigenvalue weighted by molar-refractivity contribution is -0.117. The lowest BCUT2D eigenvalue weighted by atomic mass is 10.1. The van der Waals surface area contributed by atoms with Crippen LogP contribution in [0.2, 0.25) is 0 Å². The lowest BCUT2D eigenvalue weighted by Crippen LogP contribution is -2.32. The van der Waals surface area contributed by atoms with Gasteiger partial charge in [0.1, 0.15) is 11.4 Å². The summed E-state index contributed by atoms with van der Waals surface area (Å²) in [7, 11) is 4.51. The van der Waals surface area contributed by atoms with Gasteiger partial charge in [0.2, 0.25) is 5.91 Å². The molecule has 0 spiro atoms. The number of ether oxygens (including phenoxy) is 3. The van der Waals surface area contributed by atoms with Crippen LogP contribution in [0.3, 0.4) is 0 Å². The van der Waals surface area contributed by atoms with Crippen LogP contribution in [0.4, 0.5) is 17.1 Å². The van der Waals surface area contributed by atoms with Crippen molar-refractivity contribution in [3.8, 4) is 17.2 Å². The number of thioether (sulfide) groups is 1. The van der Waals surface area contributed by atoms with Gasteiger partial charge in [-0.3, -0.25) is 19.3 Å². The maximum atomic E-state index is 13.9. The highest BCUT2D eigenvalue weighted by Crippen LogP contribution is 2.36. The highest BCUT2D eigenvalue weighted by Gasteiger charge is 2.25. The average Bonchev–Trinajstić information content (AvgIpc) is 3.15. The van der Waals surface area contributed by atoms with Crippen LogP contribution in [0.5, 0.6) is 17.2 Å². The van der Waals surface area contributed by atoms with Gasteiger partial charge < -0.3 is 24.8 Å². The molecule has 5 rings (SSSR count). The summed E-state index contributed by atoms with van der Waals surface area (Å²) in [5, 5.41) is 5.18. The van der Waals surface area contributed by atoms with E-state index in [-0.39, 0.29) is 11.6 Å². The van der Waals surface area contributed by atoms with E-state index in [0.717, 1.165) is 16.3 Å². The molecule has 254 valence electrons. The molecule has 1 atom stereocenters. The van der Waals surface area contributed by atoms with Crippen LogP contribution >= 0.6 is 11.8 Å². The van der Waals surface area contributed by atoms with Crippen LogP contribution in [0.15, 0.2) is 138 Å². The molecule has 0 aliphatic carbocycles. The number of nitrogens with zero attached hydrogens (tertiary/aromatic N) is 1. The van der Waals surface area contributed by atoms with Gasteiger partial charge in [0.05, 0.1) is 26.6 Å². The summed E-state index contributed by atoms with van der Waals surface area (Å²) in [6.45, 7) is 1.85. The Labute approximate surface area is 295 Å². The molecular weight excluding hydrogens is 651 g/mol. The Morgan fingerprint density at radius 3 is 1.82 bits per heavy atom. The summed E-state index contributed by atoms with van der Waals surface area (Å²) in [5.41, 5.74) is 2.82. The van der Waals surface area contributed by atoms with Crippen molar-refractivity contribution < 1.29 is 28.6 Å². The Morgan fingerprint density at radius 2 is 1.24 bits per heavy atom. The molecule has 2 N–H and O–H groups in total. The number of hydrogen-bond donors (Lipinski definition) is 2. The molecule has 3 amide bonds. The fourth-order valence-corrected chi connectivity index (χ4v) is 6.07. The molecule has 5 aromatic rings. The summed E-state index contributed by atoms with van der Waals surface area (Å²) in [4.78, 5) is 43.4. The second-order valence-electron chi connectivity index (χ2n) is 10.9. The molecule has 0 heterocycles. The minimum absolute atomic E-state index is 0.0349. The van der Waals surface area contributed by atoms with E-state index < -0.39 is 17.1 Å². The first-order valence-electron chi connectivity index (χ1n) is 15.7. The first-order chi connectivity index (χ1) is 24.3. The summed E-state index contributed by atoms with van der Waals surface area (Å²) in [6.07, 6.45) is 1.51. The molecule has 0 saturated carbocycles. The maximum Gasteiger partial charge on any atom is 0.272 e. The number of hydrogen-bond acceptors (Lipinski definition) is 7. The minimum Gasteiger partial charge on any atom is -0.496 e. The summed E-state index contributed by atoms with van der Waals surface area (Å²) < 4.78 is 16.4. The van der Waals surface area contributed by atoms with Gasteiger partial charge >= 0.3 is 0 Å². The van der Waals surface area contributed by atoms with Crippen molar-refractivity contribution in [3.05, 3.63) is 144 Å². The zero-order valence-electron chi connectivity index (χ0n) is 28.1. The molecule has 9 nitrogen and oxygen atoms in total. The molecular formula is C40H37N3O6S. The van der Waals surface area contributed by atoms with Gasteiger partial charge in [-0.25, -0.2) is 0 Å². The Bertz CT molecular complexity index is 1930. The Kier molecular flexibility index (Phi) is 11.9. The van der Waals surface area contributed by atoms with E-state index >= 15 is 0 Å². The van der Waals surface area contributed by atoms with Crippen molar-refractivity contribution in [3.63, 3.8) is 0 Å². The van der Waals surface area contributed by atoms with Gasteiger partial charge in [-0.1, -0.05) is 60.7 Å². The molecule has 0 fully saturated rings. The number of benzene rings is 5. The predicted molar refractivity (Wildman–Crippen MR) is 198 cm³/mol. The summed E-state index contributed by atoms with van der Waals surface area (Å²) >= 11 is 1.37. The molecule has 0 aliphatic heterocycles. The second kappa shape index (κ2) is 16.9. The van der Waals surface area contributed by atoms with Gasteiger partial charge in [-0.2, -0.15) is 0 Å². The van der Waals surface area contributed by atoms with E-state index in [0.29, 0.717) is 34.1 Å². The third kappa shape index (κ3) is 8.72. The highest BCUT2D eigenvalue weighted by atomic mass is 32.2. The van der Waals surface area contributed by atoms with Crippen molar-refractivity contribution in [1.29, 1.82) is 0 Å². The van der Waals surface area contributed by atoms with Crippen molar-refractivity contribution >= 4 is 52.6 Å². The molecule has 0 aromatic heterocycles. The molecule has 1 unspecified atom stereocenters. The molecule has 0 saturated heterocycles. The van der Waals surface area contributed by atoms with Crippen LogP contribution in [-0.4, -0.2) is 44.3 Å². The first-order valence-corrected chi connectivity index (χ1v) is 16.6. The predicted octanol–water partition coefficient (Wildman–Crippen LogP) is 7.97. The normalized spacial score (nSPS) is 11.6. The molecule has 50 heavy (non-hydrogen) atoms. The number of nitrogens with one attached hydrogen (secondary N) is 2. The van der Waals surface area contributed by atoms with Gasteiger partial charge in [0.25, 0.3) is 11.8 Å². The van der Waals surface area contributed by atoms with Crippen molar-refractivity contribution in [2.75, 3.05) is 31.5 Å². The number of rotatable bonds is 13. The number of carbonyl (C=O) groups excluding carboxylic acids is 3. The fraction of sp³-hybridized carbons (Fsp3) is 0.125. The number of carbonyl (C=O) groups is 3. The monoisotopic (exact) mass is 687 g/mol. The third-order valence-electron chi connectivity index (χ3n) is 7.57. The zero-order chi connectivity index (χ0) is 35.5. The second-order valence-corrected chi connectivity index (χ2v) is 12.3. The Hall–Kier alpha value is -6.00. The van der Waals surface area contributed by atoms with E-state index in [4.69, 9.17) is 14.2 Å². The summed E-state index contributed by atoms with van der Waals surface area (Å²) in [5.74, 6) is 0.124. The van der Waals surface area contributed by atoms with Gasteiger partial charge in [-0.05, 0) is 73.7 Å². The topological polar surface area (TPSA) is 106 Å². The molecule has 0 bridgehead atoms. The lowest BCUT2D eigenvalue weighted by Gasteiger charge is -2.26. The van der Waals surface area contributed by atoms with Crippen molar-refractivity contribution in [1.82, 2.24) is 5.32 Å². The SMILES string of the molecule is COc1cc(OC)c(OC)cc1/C=C(/NC(=O)c1ccccc1)C(=O)Nc1cccc(SC(C)C(=O)N(c2ccccc2)c2ccccc2)c1. The van der Waals surface area contributed by atoms with Crippen LogP contribution < -0.4 is 29.7 Å². The van der Waals surface area contributed by atoms with E-state index in [1.165, 1.54) is 39.2 Å². The van der Waals surface area contributed by atoms with Crippen molar-refractivity contribution in [2.24, 2.45) is 0 Å². The van der Waals surface area contributed by atoms with Crippen LogP contribution in [0.1, 0.15) is 22.8 Å². The van der Waals surface area contributed by atoms with E-state index in [2.05, 4.69) is 10.6 Å². The van der Waals surface area contributed by atoms with E-state index in [1.807, 2.05) is 73.7 Å². The van der Waals surface area contributed by atoms with Gasteiger partial charge in [0, 0.05) is 39.2 Å². The zero-order valence-corrected chi connectivity index (χ0v) is 28.9. The number of para-hydroxylation sites is 2. The number of anilines is 3. The standard InChI is InChI=1S/C40H37N3O6S/c1-27(40(46)43(31-18-10-6-11-19-31)32-20-12-7-13-21-32)50-33-22-14-17-30(25-33)41-39(45)34(42-38(44)28-15-8-5-9-16-28)23-29-24-36(48-3)37(49-4)26-35(29)47-2/h5-27H,1-4H3,(H,41,45)(H,42,44)/b34-23+. The first kappa shape index (κ1) is 35.3. The van der Waals surface area contributed by atoms with E-state index in [1.54, 1.807) is 65.6 Å². The largest absolute Gasteiger partial charge is 0.496 e. The molecule has 0 radical (unpaired) electrons. The number of amides is 3. The maximum absolute atomic E-state index is 13.9. The van der Waals surface area contributed by atoms with E-state index in [9.17, 15) is 14.4 Å². The van der Waals surface area contributed by atoms with Crippen LogP contribution in [-0.2, 0) is 9.59 Å². The Morgan fingerprint density at radius 1 is 0.680 bits per heavy atom. The highest BCUT2D eigenvalue weighted by molar-refractivity contribution is 8.00. The Balaban J connectivity index is 1.40. The number of methoxy groups -OCH3 is 3. The quantitative estimate of drug-likeness (QED) is 0.0956. The fourth-order valence-electron chi connectivity index (χ4n) is 5.10. The van der Waals surface area contributed by atoms with Gasteiger partial charge in [0.15, 0.2) is 11.5 Å². The molecule has 10 heteroatoms. The summed E-state index contributed by atoms with van der Waals surface area (Å²) in [6, 6.07) is 38.1. The van der Waals surface area contributed by atoms with Crippen LogP contribution in [0.25, 0.3) is 6.08 Å². The smallest absolute Gasteiger partial charge is 0.272 e. The van der Waals surface area contributed by atoms with Crippen LogP contribution in [0, 0.1) is 0 Å². The average molecular weight is 688 g/mol.